The van der Waals surface area contributed by atoms with Crippen LogP contribution in [0.2, 0.25) is 5.28 Å². The number of hydrogen-bond donors (Lipinski definition) is 0. The monoisotopic (exact) mass is 277 g/mol. The molecule has 1 aliphatic rings. The molecule has 1 aromatic heterocycles. The van der Waals surface area contributed by atoms with Crippen molar-refractivity contribution in [2.24, 2.45) is 0 Å². The van der Waals surface area contributed by atoms with E-state index in [0.29, 0.717) is 11.2 Å². The number of benzene rings is 1. The fourth-order valence-corrected chi connectivity index (χ4v) is 2.56. The molecule has 100 valence electrons. The second-order valence-corrected chi connectivity index (χ2v) is 5.26. The van der Waals surface area contributed by atoms with Gasteiger partial charge in [-0.05, 0) is 49.1 Å². The predicted octanol–water partition coefficient (Wildman–Crippen LogP) is 3.43. The summed E-state index contributed by atoms with van der Waals surface area (Å²) < 4.78 is 7.21. The number of rotatable bonds is 4. The molecule has 4 nitrogen and oxygen atoms in total. The molecule has 5 heteroatoms. The van der Waals surface area contributed by atoms with Crippen molar-refractivity contribution in [2.45, 2.75) is 31.7 Å². The van der Waals surface area contributed by atoms with Crippen LogP contribution >= 0.6 is 11.6 Å². The van der Waals surface area contributed by atoms with Crippen molar-refractivity contribution in [3.8, 4) is 5.75 Å². The molecule has 19 heavy (non-hydrogen) atoms. The van der Waals surface area contributed by atoms with Crippen molar-refractivity contribution >= 4 is 11.6 Å². The van der Waals surface area contributed by atoms with Crippen molar-refractivity contribution in [1.82, 2.24) is 14.8 Å². The Morgan fingerprint density at radius 1 is 1.26 bits per heavy atom. The Balaban J connectivity index is 1.93. The summed E-state index contributed by atoms with van der Waals surface area (Å²) in [5.74, 6) is 2.39. The van der Waals surface area contributed by atoms with Gasteiger partial charge in [0.15, 0.2) is 0 Å². The predicted molar refractivity (Wildman–Crippen MR) is 73.8 cm³/mol. The zero-order chi connectivity index (χ0) is 13.4. The van der Waals surface area contributed by atoms with E-state index in [2.05, 4.69) is 29.3 Å². The van der Waals surface area contributed by atoms with Crippen LogP contribution < -0.4 is 4.74 Å². The Morgan fingerprint density at radius 2 is 1.95 bits per heavy atom. The molecule has 0 spiro atoms. The van der Waals surface area contributed by atoms with Gasteiger partial charge in [0.1, 0.15) is 11.6 Å². The topological polar surface area (TPSA) is 39.9 Å². The second kappa shape index (κ2) is 4.85. The fourth-order valence-electron chi connectivity index (χ4n) is 2.29. The molecule has 1 fully saturated rings. The van der Waals surface area contributed by atoms with Gasteiger partial charge in [-0.3, -0.25) is 4.57 Å². The van der Waals surface area contributed by atoms with Crippen molar-refractivity contribution < 1.29 is 4.74 Å². The average molecular weight is 278 g/mol. The Morgan fingerprint density at radius 3 is 2.53 bits per heavy atom. The Labute approximate surface area is 117 Å². The Bertz CT molecular complexity index is 575. The van der Waals surface area contributed by atoms with Crippen LogP contribution in [0.15, 0.2) is 24.3 Å². The summed E-state index contributed by atoms with van der Waals surface area (Å²) in [5.41, 5.74) is 1.17. The second-order valence-electron chi connectivity index (χ2n) is 4.92. The molecule has 2 aromatic rings. The molecule has 1 unspecified atom stereocenters. The molecule has 1 aliphatic carbocycles. The lowest BCUT2D eigenvalue weighted by molar-refractivity contribution is 0.414. The molecule has 1 atom stereocenters. The van der Waals surface area contributed by atoms with E-state index >= 15 is 0 Å². The van der Waals surface area contributed by atoms with E-state index in [1.54, 1.807) is 7.11 Å². The van der Waals surface area contributed by atoms with Gasteiger partial charge in [-0.2, -0.15) is 0 Å². The molecule has 0 bridgehead atoms. The highest BCUT2D eigenvalue weighted by Gasteiger charge is 2.31. The number of hydrogen-bond acceptors (Lipinski definition) is 3. The van der Waals surface area contributed by atoms with Crippen LogP contribution in [0.5, 0.6) is 5.75 Å². The van der Waals surface area contributed by atoms with Crippen LogP contribution in [-0.2, 0) is 0 Å². The molecule has 1 saturated carbocycles. The van der Waals surface area contributed by atoms with Gasteiger partial charge in [-0.15, -0.1) is 10.2 Å². The number of halogens is 1. The van der Waals surface area contributed by atoms with Crippen LogP contribution in [0.1, 0.15) is 43.1 Å². The first-order chi connectivity index (χ1) is 9.20. The minimum absolute atomic E-state index is 0.129. The zero-order valence-corrected chi connectivity index (χ0v) is 11.8. The van der Waals surface area contributed by atoms with Gasteiger partial charge < -0.3 is 4.74 Å². The maximum Gasteiger partial charge on any atom is 0.225 e. The summed E-state index contributed by atoms with van der Waals surface area (Å²) in [6, 6.07) is 8.15. The van der Waals surface area contributed by atoms with Crippen molar-refractivity contribution in [3.05, 3.63) is 40.9 Å². The average Bonchev–Trinajstić information content (AvgIpc) is 3.21. The summed E-state index contributed by atoms with van der Waals surface area (Å²) in [5, 5.41) is 8.69. The Kier molecular flexibility index (Phi) is 3.19. The van der Waals surface area contributed by atoms with E-state index in [0.717, 1.165) is 11.6 Å². The fraction of sp³-hybridized carbons (Fsp3) is 0.429. The third-order valence-electron chi connectivity index (χ3n) is 3.61. The first-order valence-corrected chi connectivity index (χ1v) is 6.82. The van der Waals surface area contributed by atoms with Crippen LogP contribution in [0.3, 0.4) is 0 Å². The maximum atomic E-state index is 6.18. The van der Waals surface area contributed by atoms with Gasteiger partial charge in [0, 0.05) is 5.92 Å². The first kappa shape index (κ1) is 12.5. The summed E-state index contributed by atoms with van der Waals surface area (Å²) in [4.78, 5) is 0. The lowest BCUT2D eigenvalue weighted by Crippen LogP contribution is -2.10. The molecule has 0 saturated heterocycles. The molecule has 1 aromatic carbocycles. The lowest BCUT2D eigenvalue weighted by atomic mass is 10.1. The third-order valence-corrected chi connectivity index (χ3v) is 3.87. The smallest absolute Gasteiger partial charge is 0.225 e. The van der Waals surface area contributed by atoms with Gasteiger partial charge in [-0.1, -0.05) is 12.1 Å². The van der Waals surface area contributed by atoms with Crippen molar-refractivity contribution in [2.75, 3.05) is 7.11 Å². The van der Waals surface area contributed by atoms with Gasteiger partial charge in [0.05, 0.1) is 13.2 Å². The molecule has 0 N–H and O–H groups in total. The third kappa shape index (κ3) is 2.32. The lowest BCUT2D eigenvalue weighted by Gasteiger charge is -2.17. The highest BCUT2D eigenvalue weighted by molar-refractivity contribution is 6.28. The standard InChI is InChI=1S/C14H16ClN3O/c1-9(10-5-7-12(19-2)8-6-10)18-13(11-3-4-11)16-17-14(18)15/h5-9,11H,3-4H2,1-2H3. The van der Waals surface area contributed by atoms with Crippen molar-refractivity contribution in [1.29, 1.82) is 0 Å². The molecular formula is C14H16ClN3O. The number of ether oxygens (including phenoxy) is 1. The molecule has 3 rings (SSSR count). The van der Waals surface area contributed by atoms with E-state index in [9.17, 15) is 0 Å². The quantitative estimate of drug-likeness (QED) is 0.860. The number of nitrogens with zero attached hydrogens (tertiary/aromatic N) is 3. The molecule has 0 radical (unpaired) electrons. The van der Waals surface area contributed by atoms with E-state index in [4.69, 9.17) is 16.3 Å². The summed E-state index contributed by atoms with van der Waals surface area (Å²) in [6.45, 7) is 2.11. The van der Waals surface area contributed by atoms with Gasteiger partial charge in [0.2, 0.25) is 5.28 Å². The zero-order valence-electron chi connectivity index (χ0n) is 11.0. The molecule has 0 amide bonds. The highest BCUT2D eigenvalue weighted by atomic mass is 35.5. The van der Waals surface area contributed by atoms with E-state index in [1.807, 2.05) is 16.7 Å². The number of methoxy groups -OCH3 is 1. The summed E-state index contributed by atoms with van der Waals surface area (Å²) >= 11 is 6.18. The van der Waals surface area contributed by atoms with Crippen LogP contribution in [0, 0.1) is 0 Å². The SMILES string of the molecule is COc1ccc(C(C)n2c(Cl)nnc2C2CC2)cc1. The summed E-state index contributed by atoms with van der Waals surface area (Å²) in [6.07, 6.45) is 2.37. The summed E-state index contributed by atoms with van der Waals surface area (Å²) in [7, 11) is 1.67. The molecule has 0 aliphatic heterocycles. The minimum Gasteiger partial charge on any atom is -0.497 e. The Hall–Kier alpha value is -1.55. The van der Waals surface area contributed by atoms with E-state index < -0.39 is 0 Å². The van der Waals surface area contributed by atoms with E-state index in [1.165, 1.54) is 18.4 Å². The number of aromatic nitrogens is 3. The van der Waals surface area contributed by atoms with Crippen molar-refractivity contribution in [3.63, 3.8) is 0 Å². The van der Waals surface area contributed by atoms with Gasteiger partial charge >= 0.3 is 0 Å². The van der Waals surface area contributed by atoms with Gasteiger partial charge in [-0.25, -0.2) is 0 Å². The largest absolute Gasteiger partial charge is 0.497 e. The highest BCUT2D eigenvalue weighted by Crippen LogP contribution is 2.41. The van der Waals surface area contributed by atoms with Crippen LogP contribution in [0.25, 0.3) is 0 Å². The first-order valence-electron chi connectivity index (χ1n) is 6.45. The minimum atomic E-state index is 0.129. The maximum absolute atomic E-state index is 6.18. The van der Waals surface area contributed by atoms with E-state index in [-0.39, 0.29) is 6.04 Å². The van der Waals surface area contributed by atoms with Gasteiger partial charge in [0.25, 0.3) is 0 Å². The molecular weight excluding hydrogens is 262 g/mol. The van der Waals surface area contributed by atoms with Crippen LogP contribution in [0.4, 0.5) is 0 Å². The normalized spacial score (nSPS) is 16.4. The molecule has 1 heterocycles. The van der Waals surface area contributed by atoms with Crippen LogP contribution in [-0.4, -0.2) is 21.9 Å².